The van der Waals surface area contributed by atoms with E-state index in [2.05, 4.69) is 35.6 Å². The second-order valence-corrected chi connectivity index (χ2v) is 10.1. The first-order valence-electron chi connectivity index (χ1n) is 13.9. The molecule has 4 aromatic rings. The molecule has 1 fully saturated rings. The number of carbonyl (C=O) groups is 1. The van der Waals surface area contributed by atoms with Crippen molar-refractivity contribution < 1.29 is 9.18 Å². The Morgan fingerprint density at radius 3 is 2.76 bits per heavy atom. The number of imidazole rings is 1. The van der Waals surface area contributed by atoms with Crippen molar-refractivity contribution in [2.45, 2.75) is 32.6 Å². The molecule has 5 heterocycles. The van der Waals surface area contributed by atoms with Gasteiger partial charge in [-0.15, -0.1) is 0 Å². The number of pyridine rings is 3. The van der Waals surface area contributed by atoms with Crippen molar-refractivity contribution in [2.75, 3.05) is 12.0 Å². The highest BCUT2D eigenvalue weighted by Gasteiger charge is 2.28. The Kier molecular flexibility index (Phi) is 7.54. The topological polar surface area (TPSA) is 147 Å². The van der Waals surface area contributed by atoms with Gasteiger partial charge in [0.05, 0.1) is 28.7 Å². The summed E-state index contributed by atoms with van der Waals surface area (Å²) in [5.41, 5.74) is 10.7. The average Bonchev–Trinajstić information content (AvgIpc) is 3.72. The molecule has 4 aromatic heterocycles. The molecule has 212 valence electrons. The lowest BCUT2D eigenvalue weighted by atomic mass is 9.97. The summed E-state index contributed by atoms with van der Waals surface area (Å²) in [6, 6.07) is 9.05. The van der Waals surface area contributed by atoms with Gasteiger partial charge >= 0.3 is 0 Å². The lowest BCUT2D eigenvalue weighted by molar-refractivity contribution is -0.119. The van der Waals surface area contributed by atoms with Crippen LogP contribution in [0, 0.1) is 5.92 Å². The number of hydrogen-bond donors (Lipinski definition) is 4. The maximum atomic E-state index is 16.6. The molecule has 1 aliphatic heterocycles. The van der Waals surface area contributed by atoms with Gasteiger partial charge in [-0.1, -0.05) is 25.0 Å². The number of carbonyl (C=O) groups excluding carboxylic acids is 1. The van der Waals surface area contributed by atoms with Crippen LogP contribution in [0.4, 0.5) is 10.1 Å². The predicted molar refractivity (Wildman–Crippen MR) is 161 cm³/mol. The van der Waals surface area contributed by atoms with Crippen LogP contribution in [0.1, 0.15) is 44.0 Å². The number of nitrogens with zero attached hydrogens (tertiary/aromatic N) is 5. The van der Waals surface area contributed by atoms with Gasteiger partial charge < -0.3 is 21.4 Å². The maximum Gasteiger partial charge on any atom is 0.227 e. The number of anilines is 1. The number of rotatable bonds is 6. The normalized spacial score (nSPS) is 18.2. The molecule has 1 amide bonds. The van der Waals surface area contributed by atoms with Gasteiger partial charge in [-0.3, -0.25) is 24.7 Å². The van der Waals surface area contributed by atoms with E-state index in [0.29, 0.717) is 50.9 Å². The molecule has 0 radical (unpaired) electrons. The number of amides is 1. The third-order valence-corrected chi connectivity index (χ3v) is 7.50. The van der Waals surface area contributed by atoms with Crippen LogP contribution in [-0.4, -0.2) is 43.2 Å². The Hall–Kier alpha value is -5.19. The first-order chi connectivity index (χ1) is 20.6. The van der Waals surface area contributed by atoms with E-state index in [4.69, 9.17) is 10.7 Å². The monoisotopic (exact) mass is 563 g/mol. The summed E-state index contributed by atoms with van der Waals surface area (Å²) in [4.78, 5) is 38.6. The van der Waals surface area contributed by atoms with Gasteiger partial charge in [0.2, 0.25) is 5.91 Å². The average molecular weight is 564 g/mol. The zero-order valence-corrected chi connectivity index (χ0v) is 23.1. The smallest absolute Gasteiger partial charge is 0.227 e. The van der Waals surface area contributed by atoms with Crippen LogP contribution in [0.2, 0.25) is 0 Å². The minimum Gasteiger partial charge on any atom is -0.404 e. The highest BCUT2D eigenvalue weighted by atomic mass is 19.1. The van der Waals surface area contributed by atoms with Crippen molar-refractivity contribution in [1.82, 2.24) is 30.2 Å². The van der Waals surface area contributed by atoms with E-state index in [9.17, 15) is 4.79 Å². The van der Waals surface area contributed by atoms with Crippen LogP contribution >= 0.6 is 0 Å². The molecule has 10 nitrogen and oxygen atoms in total. The number of halogens is 1. The molecule has 0 unspecified atom stereocenters. The Bertz CT molecular complexity index is 1770. The Morgan fingerprint density at radius 1 is 1.14 bits per heavy atom. The molecule has 0 spiro atoms. The second kappa shape index (κ2) is 11.7. The number of aromatic nitrogens is 5. The first kappa shape index (κ1) is 27.0. The molecular formula is C31H30FN9O. The highest BCUT2D eigenvalue weighted by Crippen LogP contribution is 2.34. The van der Waals surface area contributed by atoms with Crippen molar-refractivity contribution in [2.24, 2.45) is 16.6 Å². The summed E-state index contributed by atoms with van der Waals surface area (Å²) < 4.78 is 16.6. The van der Waals surface area contributed by atoms with Gasteiger partial charge in [0.1, 0.15) is 29.4 Å². The number of hydrogen-bond acceptors (Lipinski definition) is 8. The van der Waals surface area contributed by atoms with Crippen molar-refractivity contribution in [3.8, 4) is 11.4 Å². The molecule has 0 saturated heterocycles. The van der Waals surface area contributed by atoms with Gasteiger partial charge in [0.25, 0.3) is 0 Å². The fourth-order valence-electron chi connectivity index (χ4n) is 5.42. The molecule has 1 aliphatic carbocycles. The molecule has 0 aromatic carbocycles. The Morgan fingerprint density at radius 2 is 2.00 bits per heavy atom. The molecule has 0 bridgehead atoms. The van der Waals surface area contributed by atoms with E-state index >= 15 is 4.39 Å². The van der Waals surface area contributed by atoms with Crippen molar-refractivity contribution >= 4 is 33.9 Å². The van der Waals surface area contributed by atoms with Crippen LogP contribution in [0.3, 0.4) is 0 Å². The quantitative estimate of drug-likeness (QED) is 0.258. The molecule has 2 aliphatic rings. The number of nitrogens with one attached hydrogen (secondary N) is 3. The van der Waals surface area contributed by atoms with Crippen LogP contribution in [-0.2, 0) is 4.79 Å². The van der Waals surface area contributed by atoms with Crippen LogP contribution in [0.25, 0.3) is 28.0 Å². The Balaban J connectivity index is 1.40. The van der Waals surface area contributed by atoms with Gasteiger partial charge in [0, 0.05) is 47.5 Å². The number of aromatic amines is 1. The van der Waals surface area contributed by atoms with Crippen molar-refractivity contribution in [3.05, 3.63) is 95.9 Å². The molecule has 11 heteroatoms. The molecule has 42 heavy (non-hydrogen) atoms. The molecule has 5 N–H and O–H groups in total. The van der Waals surface area contributed by atoms with E-state index < -0.39 is 5.83 Å². The van der Waals surface area contributed by atoms with E-state index in [1.54, 1.807) is 36.8 Å². The summed E-state index contributed by atoms with van der Waals surface area (Å²) in [7, 11) is 0. The lowest BCUT2D eigenvalue weighted by Gasteiger charge is -2.21. The summed E-state index contributed by atoms with van der Waals surface area (Å²) >= 11 is 0. The van der Waals surface area contributed by atoms with Gasteiger partial charge in [-0.25, -0.2) is 9.37 Å². The number of allylic oxidation sites excluding steroid dienone is 4. The fraction of sp³-hybridized carbons (Fsp3) is 0.226. The second-order valence-electron chi connectivity index (χ2n) is 10.1. The van der Waals surface area contributed by atoms with Crippen LogP contribution in [0.5, 0.6) is 0 Å². The predicted octanol–water partition coefficient (Wildman–Crippen LogP) is 5.02. The van der Waals surface area contributed by atoms with Gasteiger partial charge in [-0.05, 0) is 44.0 Å². The summed E-state index contributed by atoms with van der Waals surface area (Å²) in [6.07, 6.45) is 13.2. The van der Waals surface area contributed by atoms with E-state index in [-0.39, 0.29) is 29.6 Å². The molecule has 1 saturated carbocycles. The molecular weight excluding hydrogens is 533 g/mol. The zero-order valence-electron chi connectivity index (χ0n) is 23.1. The third kappa shape index (κ3) is 5.16. The first-order valence-corrected chi connectivity index (χ1v) is 13.9. The van der Waals surface area contributed by atoms with Crippen molar-refractivity contribution in [3.63, 3.8) is 0 Å². The lowest BCUT2D eigenvalue weighted by Crippen LogP contribution is -2.28. The Labute approximate surface area is 241 Å². The zero-order chi connectivity index (χ0) is 29.1. The van der Waals surface area contributed by atoms with Gasteiger partial charge in [0.15, 0.2) is 5.82 Å². The third-order valence-electron chi connectivity index (χ3n) is 7.50. The standard InChI is InChI=1S/C31H30FN9O/c1-2-22-25(26(32)21(14-33)19-13-20(16-34-15-19)39-31(42)18-7-3-4-8-18)29(38-17-37-22)30-40-24-10-12-36-27(28(24)41-30)23-9-5-6-11-35-23/h2,5-6,9-16,18,37H,3-4,7-8,17,33H2,1H3,(H,39,42)(H,40,41)/b21-14-,22-2-,26-25-. The molecule has 0 atom stereocenters. The number of nitrogens with two attached hydrogens (primary N) is 1. The van der Waals surface area contributed by atoms with Crippen LogP contribution < -0.4 is 16.4 Å². The maximum absolute atomic E-state index is 16.6. The van der Waals surface area contributed by atoms with Crippen LogP contribution in [0.15, 0.2) is 89.5 Å². The van der Waals surface area contributed by atoms with E-state index in [0.717, 1.165) is 25.7 Å². The van der Waals surface area contributed by atoms with Gasteiger partial charge in [-0.2, -0.15) is 0 Å². The van der Waals surface area contributed by atoms with E-state index in [1.165, 1.54) is 12.4 Å². The summed E-state index contributed by atoms with van der Waals surface area (Å²) in [6.45, 7) is 2.05. The molecule has 6 rings (SSSR count). The number of H-pyrrole nitrogens is 1. The largest absolute Gasteiger partial charge is 0.404 e. The summed E-state index contributed by atoms with van der Waals surface area (Å²) in [5, 5.41) is 6.07. The highest BCUT2D eigenvalue weighted by molar-refractivity contribution is 6.16. The number of fused-ring (bicyclic) bond motifs is 1. The van der Waals surface area contributed by atoms with Crippen molar-refractivity contribution in [1.29, 1.82) is 0 Å². The fourth-order valence-corrected chi connectivity index (χ4v) is 5.42. The SMILES string of the molecule is C\C=C1/NCN=C(c2nc3c(-c4ccccn4)nccc3[nH]2)/C1=C(F)/C(=C\N)c1cncc(NC(=O)C2CCCC2)c1. The van der Waals surface area contributed by atoms with E-state index in [1.807, 2.05) is 25.1 Å². The summed E-state index contributed by atoms with van der Waals surface area (Å²) in [5.74, 6) is -0.289. The minimum absolute atomic E-state index is 0.0152. The minimum atomic E-state index is -0.610. The number of aliphatic imine (C=N–C) groups is 1.